The summed E-state index contributed by atoms with van der Waals surface area (Å²) in [5.74, 6) is 0.541. The van der Waals surface area contributed by atoms with Crippen molar-refractivity contribution >= 4 is 28.5 Å². The van der Waals surface area contributed by atoms with E-state index >= 15 is 0 Å². The van der Waals surface area contributed by atoms with E-state index in [2.05, 4.69) is 17.0 Å². The van der Waals surface area contributed by atoms with Gasteiger partial charge in [0.25, 0.3) is 5.91 Å². The molecule has 27 heavy (non-hydrogen) atoms. The number of fused-ring (bicyclic) bond motifs is 2. The first kappa shape index (κ1) is 17.4. The third-order valence-electron chi connectivity index (χ3n) is 4.23. The highest BCUT2D eigenvalue weighted by atomic mass is 32.2. The molecular weight excluding hydrogens is 360 g/mol. The van der Waals surface area contributed by atoms with E-state index in [-0.39, 0.29) is 5.91 Å². The number of hydrogen-bond acceptors (Lipinski definition) is 6. The van der Waals surface area contributed by atoms with E-state index < -0.39 is 6.17 Å². The number of hydrazone groups is 1. The Bertz CT molecular complexity index is 1060. The number of thioether (sulfide) groups is 1. The van der Waals surface area contributed by atoms with E-state index in [0.29, 0.717) is 17.5 Å². The van der Waals surface area contributed by atoms with E-state index in [1.54, 1.807) is 11.1 Å². The van der Waals surface area contributed by atoms with Crippen molar-refractivity contribution in [2.24, 2.45) is 10.1 Å². The summed E-state index contributed by atoms with van der Waals surface area (Å²) in [5.41, 5.74) is 1.39. The van der Waals surface area contributed by atoms with Gasteiger partial charge in [-0.25, -0.2) is 5.01 Å². The maximum atomic E-state index is 12.8. The first-order valence-corrected chi connectivity index (χ1v) is 9.68. The fraction of sp³-hybridized carbons (Fsp3) is 0.150. The number of nitrogens with one attached hydrogen (secondary N) is 1. The maximum Gasteiger partial charge on any atom is 0.276 e. The molecule has 0 saturated carbocycles. The summed E-state index contributed by atoms with van der Waals surface area (Å²) >= 11 is 1.38. The summed E-state index contributed by atoms with van der Waals surface area (Å²) in [6.45, 7) is 4.10. The SMILES string of the molecule is C=CCOc1cccc([C@@H]2N=c3ccccc3=C3C(=O)NC(SC)=NN32)c1. The minimum absolute atomic E-state index is 0.180. The Kier molecular flexibility index (Phi) is 4.68. The molecule has 1 N–H and O–H groups in total. The summed E-state index contributed by atoms with van der Waals surface area (Å²) in [6, 6.07) is 15.3. The summed E-state index contributed by atoms with van der Waals surface area (Å²) in [7, 11) is 0. The predicted octanol–water partition coefficient (Wildman–Crippen LogP) is 1.76. The van der Waals surface area contributed by atoms with Crippen LogP contribution in [-0.2, 0) is 4.79 Å². The fourth-order valence-corrected chi connectivity index (χ4v) is 3.42. The standard InChI is InChI=1S/C20H18N4O2S/c1-3-11-26-14-8-6-7-13(12-14)18-21-16-10-5-4-9-15(16)17-19(25)22-20(27-2)23-24(17)18/h3-10,12,18H,1,11H2,2H3,(H,22,23,25)/t18-/m1/s1. The number of amidine groups is 1. The van der Waals surface area contributed by atoms with Crippen molar-refractivity contribution in [3.05, 3.63) is 77.3 Å². The number of benzene rings is 2. The van der Waals surface area contributed by atoms with Crippen LogP contribution in [0.5, 0.6) is 5.75 Å². The van der Waals surface area contributed by atoms with E-state index in [1.807, 2.05) is 54.8 Å². The first-order chi connectivity index (χ1) is 13.2. The van der Waals surface area contributed by atoms with Gasteiger partial charge in [0.15, 0.2) is 11.3 Å². The molecule has 136 valence electrons. The molecule has 1 amide bonds. The van der Waals surface area contributed by atoms with Gasteiger partial charge in [0.05, 0.1) is 5.36 Å². The van der Waals surface area contributed by atoms with Gasteiger partial charge in [-0.05, 0) is 24.5 Å². The van der Waals surface area contributed by atoms with Crippen LogP contribution in [0.15, 0.2) is 71.3 Å². The van der Waals surface area contributed by atoms with Crippen LogP contribution in [0.4, 0.5) is 0 Å². The van der Waals surface area contributed by atoms with Gasteiger partial charge >= 0.3 is 0 Å². The zero-order valence-corrected chi connectivity index (χ0v) is 15.6. The van der Waals surface area contributed by atoms with Crippen LogP contribution < -0.4 is 20.6 Å². The minimum atomic E-state index is -0.449. The predicted molar refractivity (Wildman–Crippen MR) is 106 cm³/mol. The van der Waals surface area contributed by atoms with Crippen molar-refractivity contribution in [2.45, 2.75) is 6.17 Å². The molecule has 2 aromatic carbocycles. The number of carbonyl (C=O) groups is 1. The number of nitrogens with zero attached hydrogens (tertiary/aromatic N) is 3. The molecule has 0 saturated heterocycles. The number of ether oxygens (including phenoxy) is 1. The molecule has 6 nitrogen and oxygen atoms in total. The van der Waals surface area contributed by atoms with Gasteiger partial charge in [0, 0.05) is 10.8 Å². The van der Waals surface area contributed by atoms with Crippen molar-refractivity contribution in [1.29, 1.82) is 0 Å². The number of para-hydroxylation sites is 1. The number of amides is 1. The molecule has 0 fully saturated rings. The maximum absolute atomic E-state index is 12.8. The monoisotopic (exact) mass is 378 g/mol. The lowest BCUT2D eigenvalue weighted by molar-refractivity contribution is -0.116. The zero-order valence-electron chi connectivity index (χ0n) is 14.8. The van der Waals surface area contributed by atoms with Crippen LogP contribution in [0.2, 0.25) is 0 Å². The molecule has 0 aliphatic carbocycles. The van der Waals surface area contributed by atoms with Crippen LogP contribution >= 0.6 is 11.8 Å². The van der Waals surface area contributed by atoms with Gasteiger partial charge in [-0.3, -0.25) is 15.1 Å². The quantitative estimate of drug-likeness (QED) is 0.824. The van der Waals surface area contributed by atoms with Crippen molar-refractivity contribution in [2.75, 3.05) is 12.9 Å². The van der Waals surface area contributed by atoms with Gasteiger partial charge < -0.3 is 4.74 Å². The van der Waals surface area contributed by atoms with E-state index in [0.717, 1.165) is 21.9 Å². The molecule has 2 heterocycles. The molecular formula is C20H18N4O2S. The van der Waals surface area contributed by atoms with Gasteiger partial charge in [-0.2, -0.15) is 0 Å². The number of hydrogen-bond donors (Lipinski definition) is 1. The largest absolute Gasteiger partial charge is 0.490 e. The first-order valence-electron chi connectivity index (χ1n) is 8.45. The van der Waals surface area contributed by atoms with E-state index in [9.17, 15) is 4.79 Å². The molecule has 1 atom stereocenters. The Morgan fingerprint density at radius 3 is 2.96 bits per heavy atom. The molecule has 0 unspecified atom stereocenters. The highest BCUT2D eigenvalue weighted by Gasteiger charge is 2.34. The molecule has 7 heteroatoms. The van der Waals surface area contributed by atoms with Gasteiger partial charge in [-0.1, -0.05) is 54.7 Å². The Labute approximate surface area is 160 Å². The Balaban J connectivity index is 1.88. The molecule has 0 radical (unpaired) electrons. The molecule has 0 bridgehead atoms. The lowest BCUT2D eigenvalue weighted by atomic mass is 10.1. The molecule has 2 aromatic rings. The lowest BCUT2D eigenvalue weighted by Gasteiger charge is -2.34. The second-order valence-corrected chi connectivity index (χ2v) is 6.74. The van der Waals surface area contributed by atoms with Crippen LogP contribution in [0.3, 0.4) is 0 Å². The topological polar surface area (TPSA) is 66.3 Å². The fourth-order valence-electron chi connectivity index (χ4n) is 3.06. The molecule has 2 aliphatic rings. The van der Waals surface area contributed by atoms with Crippen LogP contribution in [0.1, 0.15) is 11.7 Å². The smallest absolute Gasteiger partial charge is 0.276 e. The minimum Gasteiger partial charge on any atom is -0.490 e. The van der Waals surface area contributed by atoms with Crippen LogP contribution in [-0.4, -0.2) is 28.9 Å². The van der Waals surface area contributed by atoms with E-state index in [4.69, 9.17) is 9.73 Å². The second kappa shape index (κ2) is 7.28. The third-order valence-corrected chi connectivity index (χ3v) is 4.80. The van der Waals surface area contributed by atoms with Gasteiger partial charge in [0.2, 0.25) is 0 Å². The van der Waals surface area contributed by atoms with Crippen molar-refractivity contribution in [3.8, 4) is 5.75 Å². The molecule has 0 aromatic heterocycles. The second-order valence-electron chi connectivity index (χ2n) is 5.95. The van der Waals surface area contributed by atoms with Crippen molar-refractivity contribution in [3.63, 3.8) is 0 Å². The molecule has 0 spiro atoms. The zero-order chi connectivity index (χ0) is 18.8. The number of carbonyl (C=O) groups excluding carboxylic acids is 1. The Hall–Kier alpha value is -3.06. The van der Waals surface area contributed by atoms with Crippen LogP contribution in [0.25, 0.3) is 5.70 Å². The van der Waals surface area contributed by atoms with Gasteiger partial charge in [0.1, 0.15) is 18.1 Å². The third kappa shape index (κ3) is 3.21. The average molecular weight is 378 g/mol. The Morgan fingerprint density at radius 1 is 1.30 bits per heavy atom. The lowest BCUT2D eigenvalue weighted by Crippen LogP contribution is -2.50. The summed E-state index contributed by atoms with van der Waals surface area (Å²) in [6.07, 6.45) is 3.12. The molecule has 2 aliphatic heterocycles. The molecule has 4 rings (SSSR count). The summed E-state index contributed by atoms with van der Waals surface area (Å²) in [4.78, 5) is 17.6. The van der Waals surface area contributed by atoms with E-state index in [1.165, 1.54) is 11.8 Å². The van der Waals surface area contributed by atoms with Crippen molar-refractivity contribution < 1.29 is 9.53 Å². The number of rotatable bonds is 4. The summed E-state index contributed by atoms with van der Waals surface area (Å²) in [5, 5.41) is 11.2. The highest BCUT2D eigenvalue weighted by molar-refractivity contribution is 8.13. The Morgan fingerprint density at radius 2 is 2.15 bits per heavy atom. The average Bonchev–Trinajstić information content (AvgIpc) is 2.71. The van der Waals surface area contributed by atoms with Crippen LogP contribution in [0, 0.1) is 0 Å². The summed E-state index contributed by atoms with van der Waals surface area (Å²) < 4.78 is 5.65. The van der Waals surface area contributed by atoms with Gasteiger partial charge in [-0.15, -0.1) is 5.10 Å². The van der Waals surface area contributed by atoms with Crippen molar-refractivity contribution in [1.82, 2.24) is 10.3 Å². The highest BCUT2D eigenvalue weighted by Crippen LogP contribution is 2.31. The normalized spacial score (nSPS) is 17.9.